The zero-order valence-electron chi connectivity index (χ0n) is 24.0. The second-order valence-corrected chi connectivity index (χ2v) is 11.4. The van der Waals surface area contributed by atoms with Gasteiger partial charge in [0.05, 0.1) is 31.7 Å². The summed E-state index contributed by atoms with van der Waals surface area (Å²) in [5.74, 6) is -2.99. The van der Waals surface area contributed by atoms with Crippen LogP contribution in [0.25, 0.3) is 11.5 Å². The van der Waals surface area contributed by atoms with Gasteiger partial charge in [-0.25, -0.2) is 4.39 Å². The highest BCUT2D eigenvalue weighted by Crippen LogP contribution is 2.27. The lowest BCUT2D eigenvalue weighted by Crippen LogP contribution is -2.54. The number of rotatable bonds is 15. The summed E-state index contributed by atoms with van der Waals surface area (Å²) >= 11 is 7.07. The van der Waals surface area contributed by atoms with Crippen LogP contribution in [0.15, 0.2) is 40.9 Å². The number of hydrogen-bond acceptors (Lipinski definition) is 9. The Hall–Kier alpha value is -3.97. The maximum absolute atomic E-state index is 14.1. The van der Waals surface area contributed by atoms with Crippen LogP contribution in [0.2, 0.25) is 5.02 Å². The van der Waals surface area contributed by atoms with Crippen LogP contribution in [-0.4, -0.2) is 63.8 Å². The van der Waals surface area contributed by atoms with Crippen LogP contribution in [-0.2, 0) is 31.4 Å². The minimum absolute atomic E-state index is 0.0758. The molecule has 3 aromatic rings. The molecule has 0 aliphatic rings. The van der Waals surface area contributed by atoms with E-state index in [1.165, 1.54) is 25.3 Å². The first-order chi connectivity index (χ1) is 20.4. The molecule has 2 atom stereocenters. The third-order valence-corrected chi connectivity index (χ3v) is 7.64. The number of carbonyl (C=O) groups is 4. The minimum Gasteiger partial charge on any atom is -0.496 e. The largest absolute Gasteiger partial charge is 0.496 e. The molecule has 0 bridgehead atoms. The standard InChI is InChI=1S/C29H32ClFN4O7S/c1-15(2)27(34-25(37)11-18-10-17(8-9-24(18)41-4)29-32-16(3)35-42-29)28(40)33-22(12-26(38)39)23(36)14-43-13-19-20(30)6-5-7-21(19)31/h5-10,15,22,27H,11-14H2,1-4H3,(H,33,40)(H,34,37)(H,38,39)/t22-,27-/m0/s1. The number of ketones is 1. The van der Waals surface area contributed by atoms with Gasteiger partial charge in [-0.15, -0.1) is 11.8 Å². The van der Waals surface area contributed by atoms with Crippen molar-refractivity contribution in [3.8, 4) is 17.2 Å². The highest BCUT2D eigenvalue weighted by atomic mass is 35.5. The smallest absolute Gasteiger partial charge is 0.305 e. The third-order valence-electron chi connectivity index (χ3n) is 6.31. The van der Waals surface area contributed by atoms with Gasteiger partial charge in [-0.05, 0) is 43.2 Å². The van der Waals surface area contributed by atoms with E-state index in [1.807, 2.05) is 0 Å². The van der Waals surface area contributed by atoms with Gasteiger partial charge in [0.2, 0.25) is 11.8 Å². The molecule has 230 valence electrons. The number of aryl methyl sites for hydroxylation is 1. The Morgan fingerprint density at radius 2 is 1.91 bits per heavy atom. The second kappa shape index (κ2) is 15.5. The molecule has 3 rings (SSSR count). The van der Waals surface area contributed by atoms with Gasteiger partial charge in [0.15, 0.2) is 11.6 Å². The van der Waals surface area contributed by atoms with Crippen LogP contribution in [0.4, 0.5) is 4.39 Å². The number of thioether (sulfide) groups is 1. The molecule has 1 aromatic heterocycles. The van der Waals surface area contributed by atoms with E-state index in [0.29, 0.717) is 22.7 Å². The summed E-state index contributed by atoms with van der Waals surface area (Å²) in [6.07, 6.45) is -0.823. The Morgan fingerprint density at radius 1 is 1.16 bits per heavy atom. The molecule has 2 amide bonds. The Kier molecular flexibility index (Phi) is 12.1. The van der Waals surface area contributed by atoms with E-state index in [0.717, 1.165) is 11.8 Å². The zero-order chi connectivity index (χ0) is 31.7. The summed E-state index contributed by atoms with van der Waals surface area (Å²) in [7, 11) is 1.46. The van der Waals surface area contributed by atoms with Crippen molar-refractivity contribution in [2.75, 3.05) is 12.9 Å². The van der Waals surface area contributed by atoms with E-state index in [9.17, 15) is 28.7 Å². The second-order valence-electron chi connectivity index (χ2n) is 9.96. The highest BCUT2D eigenvalue weighted by Gasteiger charge is 2.30. The van der Waals surface area contributed by atoms with Gasteiger partial charge in [0, 0.05) is 27.5 Å². The fraction of sp³-hybridized carbons (Fsp3) is 0.379. The Balaban J connectivity index is 1.67. The van der Waals surface area contributed by atoms with E-state index in [-0.39, 0.29) is 34.4 Å². The number of nitrogens with zero attached hydrogens (tertiary/aromatic N) is 2. The number of carbonyl (C=O) groups excluding carboxylic acids is 3. The van der Waals surface area contributed by atoms with Crippen molar-refractivity contribution in [3.63, 3.8) is 0 Å². The lowest BCUT2D eigenvalue weighted by molar-refractivity contribution is -0.140. The molecule has 2 aromatic carbocycles. The Labute approximate surface area is 256 Å². The number of benzene rings is 2. The maximum atomic E-state index is 14.1. The molecule has 0 saturated heterocycles. The number of nitrogens with one attached hydrogen (secondary N) is 2. The fourth-order valence-corrected chi connectivity index (χ4v) is 5.41. The number of ether oxygens (including phenoxy) is 1. The predicted molar refractivity (Wildman–Crippen MR) is 158 cm³/mol. The fourth-order valence-electron chi connectivity index (χ4n) is 4.10. The Morgan fingerprint density at radius 3 is 2.51 bits per heavy atom. The number of hydrogen-bond donors (Lipinski definition) is 3. The van der Waals surface area contributed by atoms with Gasteiger partial charge in [0.25, 0.3) is 5.89 Å². The molecule has 3 N–H and O–H groups in total. The van der Waals surface area contributed by atoms with Crippen LogP contribution in [0.3, 0.4) is 0 Å². The van der Waals surface area contributed by atoms with Crippen molar-refractivity contribution in [2.45, 2.75) is 51.4 Å². The number of carboxylic acid groups (broad SMARTS) is 1. The molecular weight excluding hydrogens is 603 g/mol. The van der Waals surface area contributed by atoms with Crippen LogP contribution in [0, 0.1) is 18.7 Å². The predicted octanol–water partition coefficient (Wildman–Crippen LogP) is 3.99. The molecule has 0 unspecified atom stereocenters. The third kappa shape index (κ3) is 9.52. The van der Waals surface area contributed by atoms with Crippen molar-refractivity contribution in [3.05, 3.63) is 64.2 Å². The van der Waals surface area contributed by atoms with Gasteiger partial charge in [-0.1, -0.05) is 36.7 Å². The minimum atomic E-state index is -1.36. The average molecular weight is 635 g/mol. The van der Waals surface area contributed by atoms with Crippen molar-refractivity contribution < 1.29 is 37.9 Å². The molecule has 11 nitrogen and oxygen atoms in total. The lowest BCUT2D eigenvalue weighted by Gasteiger charge is -2.25. The molecule has 0 fully saturated rings. The average Bonchev–Trinajstić information content (AvgIpc) is 3.38. The summed E-state index contributed by atoms with van der Waals surface area (Å²) in [6.45, 7) is 5.08. The first kappa shape index (κ1) is 33.5. The summed E-state index contributed by atoms with van der Waals surface area (Å²) in [5, 5.41) is 18.5. The van der Waals surface area contributed by atoms with Crippen LogP contribution < -0.4 is 15.4 Å². The van der Waals surface area contributed by atoms with Crippen LogP contribution in [0.1, 0.15) is 37.2 Å². The van der Waals surface area contributed by atoms with E-state index in [4.69, 9.17) is 20.9 Å². The van der Waals surface area contributed by atoms with Crippen molar-refractivity contribution in [2.24, 2.45) is 5.92 Å². The van der Waals surface area contributed by atoms with E-state index in [1.54, 1.807) is 39.0 Å². The molecule has 0 aliphatic heterocycles. The van der Waals surface area contributed by atoms with Gasteiger partial charge >= 0.3 is 5.97 Å². The molecule has 0 saturated carbocycles. The van der Waals surface area contributed by atoms with Crippen LogP contribution >= 0.6 is 23.4 Å². The van der Waals surface area contributed by atoms with Crippen LogP contribution in [0.5, 0.6) is 5.75 Å². The quantitative estimate of drug-likeness (QED) is 0.223. The summed E-state index contributed by atoms with van der Waals surface area (Å²) in [5.41, 5.74) is 1.30. The summed E-state index contributed by atoms with van der Waals surface area (Å²) in [4.78, 5) is 54.9. The molecule has 43 heavy (non-hydrogen) atoms. The van der Waals surface area contributed by atoms with Crippen molar-refractivity contribution in [1.82, 2.24) is 20.8 Å². The normalized spacial score (nSPS) is 12.4. The number of aromatic nitrogens is 2. The molecular formula is C29H32ClFN4O7S. The number of amides is 2. The topological polar surface area (TPSA) is 161 Å². The first-order valence-electron chi connectivity index (χ1n) is 13.2. The van der Waals surface area contributed by atoms with E-state index in [2.05, 4.69) is 20.8 Å². The molecule has 0 spiro atoms. The van der Waals surface area contributed by atoms with Crippen molar-refractivity contribution >= 4 is 46.9 Å². The van der Waals surface area contributed by atoms with Gasteiger partial charge in [-0.3, -0.25) is 19.2 Å². The zero-order valence-corrected chi connectivity index (χ0v) is 25.6. The number of methoxy groups -OCH3 is 1. The molecule has 14 heteroatoms. The molecule has 1 heterocycles. The molecule has 0 radical (unpaired) electrons. The highest BCUT2D eigenvalue weighted by molar-refractivity contribution is 7.99. The first-order valence-corrected chi connectivity index (χ1v) is 14.7. The number of aliphatic carboxylic acids is 1. The van der Waals surface area contributed by atoms with Gasteiger partial charge in [-0.2, -0.15) is 4.98 Å². The SMILES string of the molecule is COc1ccc(-c2nc(C)no2)cc1CC(=O)N[C@H](C(=O)N[C@@H](CC(=O)O)C(=O)CSCc1c(F)cccc1Cl)C(C)C. The van der Waals surface area contributed by atoms with E-state index >= 15 is 0 Å². The molecule has 0 aliphatic carbocycles. The number of Topliss-reactive ketones (excluding diaryl/α,β-unsaturated/α-hetero) is 1. The number of carboxylic acids is 1. The summed E-state index contributed by atoms with van der Waals surface area (Å²) in [6, 6.07) is 6.84. The monoisotopic (exact) mass is 634 g/mol. The summed E-state index contributed by atoms with van der Waals surface area (Å²) < 4.78 is 24.6. The Bertz CT molecular complexity index is 1460. The number of halogens is 2. The van der Waals surface area contributed by atoms with E-state index < -0.39 is 53.8 Å². The lowest BCUT2D eigenvalue weighted by atomic mass is 10.0. The maximum Gasteiger partial charge on any atom is 0.305 e. The van der Waals surface area contributed by atoms with Gasteiger partial charge < -0.3 is 25.0 Å². The van der Waals surface area contributed by atoms with Crippen molar-refractivity contribution in [1.29, 1.82) is 0 Å². The van der Waals surface area contributed by atoms with Gasteiger partial charge in [0.1, 0.15) is 17.6 Å².